The third-order valence-corrected chi connectivity index (χ3v) is 7.43. The SMILES string of the molecule is COC(C)(C)CCn1nc(-c2cccs2)c(O)c(C2=Nc3ccc(NSC)cc3SN2)c1=O. The molecule has 0 saturated heterocycles. The van der Waals surface area contributed by atoms with Gasteiger partial charge >= 0.3 is 0 Å². The Bertz CT molecular complexity index is 1240. The zero-order chi connectivity index (χ0) is 23.6. The fraction of sp³-hybridized carbons (Fsp3) is 0.318. The molecule has 0 unspecified atom stereocenters. The van der Waals surface area contributed by atoms with E-state index in [9.17, 15) is 9.90 Å². The van der Waals surface area contributed by atoms with Crippen molar-refractivity contribution >= 4 is 52.4 Å². The van der Waals surface area contributed by atoms with Gasteiger partial charge in [-0.2, -0.15) is 5.10 Å². The number of aliphatic imine (C=N–C) groups is 1. The summed E-state index contributed by atoms with van der Waals surface area (Å²) in [6.45, 7) is 4.26. The van der Waals surface area contributed by atoms with Crippen molar-refractivity contribution in [1.82, 2.24) is 14.5 Å². The number of benzene rings is 1. The van der Waals surface area contributed by atoms with E-state index in [1.807, 2.05) is 55.8 Å². The number of methoxy groups -OCH3 is 1. The number of anilines is 1. The van der Waals surface area contributed by atoms with E-state index in [1.165, 1.54) is 39.9 Å². The summed E-state index contributed by atoms with van der Waals surface area (Å²) in [6.07, 6.45) is 2.53. The van der Waals surface area contributed by atoms with Crippen molar-refractivity contribution in [3.05, 3.63) is 51.6 Å². The highest BCUT2D eigenvalue weighted by Gasteiger charge is 2.26. The molecular formula is C22H25N5O3S3. The second kappa shape index (κ2) is 9.80. The number of thiophene rings is 1. The zero-order valence-corrected chi connectivity index (χ0v) is 21.2. The van der Waals surface area contributed by atoms with Gasteiger partial charge in [0.2, 0.25) is 0 Å². The Morgan fingerprint density at radius 2 is 2.15 bits per heavy atom. The van der Waals surface area contributed by atoms with E-state index in [1.54, 1.807) is 7.11 Å². The van der Waals surface area contributed by atoms with Crippen LogP contribution in [0.3, 0.4) is 0 Å². The van der Waals surface area contributed by atoms with Crippen molar-refractivity contribution in [2.75, 3.05) is 18.1 Å². The van der Waals surface area contributed by atoms with E-state index in [-0.39, 0.29) is 11.3 Å². The second-order valence-corrected chi connectivity index (χ2v) is 10.4. The molecule has 1 aliphatic heterocycles. The largest absolute Gasteiger partial charge is 0.505 e. The Labute approximate surface area is 204 Å². The molecule has 0 bridgehead atoms. The van der Waals surface area contributed by atoms with Gasteiger partial charge in [-0.3, -0.25) is 4.79 Å². The molecule has 33 heavy (non-hydrogen) atoms. The summed E-state index contributed by atoms with van der Waals surface area (Å²) < 4.78 is 13.2. The molecular weight excluding hydrogens is 478 g/mol. The van der Waals surface area contributed by atoms with Crippen molar-refractivity contribution in [2.24, 2.45) is 4.99 Å². The molecule has 0 saturated carbocycles. The van der Waals surface area contributed by atoms with Gasteiger partial charge in [0.1, 0.15) is 11.3 Å². The fourth-order valence-electron chi connectivity index (χ4n) is 3.21. The predicted molar refractivity (Wildman–Crippen MR) is 138 cm³/mol. The number of fused-ring (bicyclic) bond motifs is 1. The quantitative estimate of drug-likeness (QED) is 0.374. The molecule has 0 atom stereocenters. The number of nitrogens with zero attached hydrogens (tertiary/aromatic N) is 3. The molecule has 0 aliphatic carbocycles. The van der Waals surface area contributed by atoms with E-state index in [0.717, 1.165) is 21.1 Å². The number of nitrogens with one attached hydrogen (secondary N) is 2. The van der Waals surface area contributed by atoms with E-state index in [0.29, 0.717) is 24.5 Å². The lowest BCUT2D eigenvalue weighted by Gasteiger charge is -2.23. The minimum atomic E-state index is -0.416. The summed E-state index contributed by atoms with van der Waals surface area (Å²) in [5.74, 6) is 0.126. The molecule has 11 heteroatoms. The van der Waals surface area contributed by atoms with Crippen molar-refractivity contribution in [3.63, 3.8) is 0 Å². The lowest BCUT2D eigenvalue weighted by Crippen LogP contribution is -2.35. The number of hydrogen-bond acceptors (Lipinski definition) is 10. The number of rotatable bonds is 8. The van der Waals surface area contributed by atoms with Crippen LogP contribution in [-0.2, 0) is 11.3 Å². The van der Waals surface area contributed by atoms with Crippen molar-refractivity contribution in [3.8, 4) is 16.3 Å². The number of aromatic nitrogens is 2. The van der Waals surface area contributed by atoms with E-state index in [2.05, 4.69) is 19.5 Å². The van der Waals surface area contributed by atoms with Gasteiger partial charge in [-0.25, -0.2) is 9.67 Å². The van der Waals surface area contributed by atoms with Gasteiger partial charge in [0, 0.05) is 25.6 Å². The lowest BCUT2D eigenvalue weighted by molar-refractivity contribution is 0.0110. The summed E-state index contributed by atoms with van der Waals surface area (Å²) in [5.41, 5.74) is 1.32. The normalized spacial score (nSPS) is 13.3. The molecule has 8 nitrogen and oxygen atoms in total. The average molecular weight is 504 g/mol. The Kier molecular flexibility index (Phi) is 7.03. The van der Waals surface area contributed by atoms with Crippen LogP contribution in [0.1, 0.15) is 25.8 Å². The predicted octanol–water partition coefficient (Wildman–Crippen LogP) is 4.87. The molecule has 1 aromatic carbocycles. The van der Waals surface area contributed by atoms with Crippen LogP contribution < -0.4 is 15.0 Å². The molecule has 0 radical (unpaired) electrons. The average Bonchev–Trinajstić information content (AvgIpc) is 3.33. The van der Waals surface area contributed by atoms with Crippen molar-refractivity contribution in [1.29, 1.82) is 0 Å². The third kappa shape index (κ3) is 5.06. The van der Waals surface area contributed by atoms with E-state index < -0.39 is 11.2 Å². The van der Waals surface area contributed by atoms with Crippen LogP contribution in [0.4, 0.5) is 11.4 Å². The highest BCUT2D eigenvalue weighted by molar-refractivity contribution is 7.99. The monoisotopic (exact) mass is 503 g/mol. The molecule has 174 valence electrons. The first-order valence-electron chi connectivity index (χ1n) is 10.2. The molecule has 2 aromatic heterocycles. The highest BCUT2D eigenvalue weighted by Crippen LogP contribution is 2.37. The molecule has 0 amide bonds. The number of ether oxygens (including phenoxy) is 1. The Morgan fingerprint density at radius 3 is 2.85 bits per heavy atom. The van der Waals surface area contributed by atoms with Crippen LogP contribution >= 0.6 is 35.2 Å². The summed E-state index contributed by atoms with van der Waals surface area (Å²) in [6, 6.07) is 9.55. The van der Waals surface area contributed by atoms with Gasteiger partial charge in [0.05, 0.1) is 21.1 Å². The van der Waals surface area contributed by atoms with E-state index >= 15 is 0 Å². The molecule has 3 aromatic rings. The standard InChI is InChI=1S/C22H25N5O3S3/c1-22(2,30-3)9-10-27-21(29)17(19(28)18(24-27)15-6-5-11-32-15)20-23-14-8-7-13(25-31-4)12-16(14)33-26-20/h5-8,11-12,25,28H,9-10H2,1-4H3,(H,23,26). The summed E-state index contributed by atoms with van der Waals surface area (Å²) in [7, 11) is 1.64. The van der Waals surface area contributed by atoms with Crippen molar-refractivity contribution < 1.29 is 9.84 Å². The second-order valence-electron chi connectivity index (χ2n) is 7.94. The Morgan fingerprint density at radius 1 is 1.33 bits per heavy atom. The fourth-order valence-corrected chi connectivity index (χ4v) is 5.04. The molecule has 4 rings (SSSR count). The number of amidine groups is 1. The summed E-state index contributed by atoms with van der Waals surface area (Å²) in [5, 5.41) is 17.5. The first kappa shape index (κ1) is 23.7. The first-order chi connectivity index (χ1) is 15.8. The van der Waals surface area contributed by atoms with Gasteiger partial charge in [-0.05, 0) is 61.9 Å². The smallest absolute Gasteiger partial charge is 0.281 e. The third-order valence-electron chi connectivity index (χ3n) is 5.27. The number of aromatic hydroxyl groups is 1. The molecule has 1 aliphatic rings. The maximum absolute atomic E-state index is 13.4. The van der Waals surface area contributed by atoms with Gasteiger partial charge in [-0.15, -0.1) is 11.3 Å². The van der Waals surface area contributed by atoms with Gasteiger partial charge in [0.25, 0.3) is 5.56 Å². The van der Waals surface area contributed by atoms with Crippen LogP contribution in [-0.4, -0.2) is 39.7 Å². The van der Waals surface area contributed by atoms with Crippen LogP contribution in [0.15, 0.2) is 50.4 Å². The van der Waals surface area contributed by atoms with Crippen LogP contribution in [0, 0.1) is 0 Å². The summed E-state index contributed by atoms with van der Waals surface area (Å²) in [4.78, 5) is 19.8. The highest BCUT2D eigenvalue weighted by atomic mass is 32.2. The number of hydrogen-bond donors (Lipinski definition) is 3. The Balaban J connectivity index is 1.81. The molecule has 0 fully saturated rings. The topological polar surface area (TPSA) is 101 Å². The van der Waals surface area contributed by atoms with Crippen molar-refractivity contribution in [2.45, 2.75) is 37.3 Å². The van der Waals surface area contributed by atoms with Gasteiger partial charge < -0.3 is 19.3 Å². The first-order valence-corrected chi connectivity index (χ1v) is 13.1. The molecule has 3 heterocycles. The number of aryl methyl sites for hydroxylation is 1. The Hall–Kier alpha value is -2.47. The van der Waals surface area contributed by atoms with Crippen LogP contribution in [0.25, 0.3) is 10.6 Å². The minimum Gasteiger partial charge on any atom is -0.505 e. The maximum Gasteiger partial charge on any atom is 0.281 e. The van der Waals surface area contributed by atoms with Crippen LogP contribution in [0.2, 0.25) is 0 Å². The van der Waals surface area contributed by atoms with Gasteiger partial charge in [-0.1, -0.05) is 18.0 Å². The molecule has 3 N–H and O–H groups in total. The minimum absolute atomic E-state index is 0.105. The van der Waals surface area contributed by atoms with E-state index in [4.69, 9.17) is 4.74 Å². The maximum atomic E-state index is 13.4. The zero-order valence-electron chi connectivity index (χ0n) is 18.7. The molecule has 0 spiro atoms. The lowest BCUT2D eigenvalue weighted by atomic mass is 10.1. The summed E-state index contributed by atoms with van der Waals surface area (Å²) >= 11 is 4.31. The van der Waals surface area contributed by atoms with Gasteiger partial charge in [0.15, 0.2) is 11.6 Å². The van der Waals surface area contributed by atoms with Crippen LogP contribution in [0.5, 0.6) is 5.75 Å².